The first-order valence-corrected chi connectivity index (χ1v) is 8.30. The molecule has 1 aromatic heterocycles. The molecule has 0 saturated carbocycles. The predicted molar refractivity (Wildman–Crippen MR) is 95.5 cm³/mol. The molecule has 1 N–H and O–H groups in total. The molecular formula is C18H22ClN3O. The fourth-order valence-corrected chi connectivity index (χ4v) is 2.51. The van der Waals surface area contributed by atoms with Gasteiger partial charge in [-0.05, 0) is 37.1 Å². The number of anilines is 2. The van der Waals surface area contributed by atoms with Gasteiger partial charge in [0, 0.05) is 13.1 Å². The Kier molecular flexibility index (Phi) is 6.41. The molecule has 2 aromatic rings. The van der Waals surface area contributed by atoms with Crippen molar-refractivity contribution in [1.29, 1.82) is 0 Å². The summed E-state index contributed by atoms with van der Waals surface area (Å²) in [5, 5.41) is 3.84. The van der Waals surface area contributed by atoms with Crippen LogP contribution < -0.4 is 5.32 Å². The summed E-state index contributed by atoms with van der Waals surface area (Å²) >= 11 is 6.12. The van der Waals surface area contributed by atoms with Gasteiger partial charge < -0.3 is 10.2 Å². The Labute approximate surface area is 142 Å². The third-order valence-electron chi connectivity index (χ3n) is 3.41. The summed E-state index contributed by atoms with van der Waals surface area (Å²) in [6, 6.07) is 11.1. The van der Waals surface area contributed by atoms with E-state index in [-0.39, 0.29) is 5.91 Å². The molecule has 0 aliphatic heterocycles. The maximum Gasteiger partial charge on any atom is 0.272 e. The summed E-state index contributed by atoms with van der Waals surface area (Å²) in [6.07, 6.45) is 3.54. The lowest BCUT2D eigenvalue weighted by Gasteiger charge is -2.21. The zero-order valence-corrected chi connectivity index (χ0v) is 14.3. The lowest BCUT2D eigenvalue weighted by Crippen LogP contribution is -2.33. The fraction of sp³-hybridized carbons (Fsp3) is 0.333. The second-order valence-corrected chi connectivity index (χ2v) is 5.74. The lowest BCUT2D eigenvalue weighted by atomic mass is 10.2. The third-order valence-corrected chi connectivity index (χ3v) is 3.74. The molecule has 0 bridgehead atoms. The number of hydrogen-bond donors (Lipinski definition) is 1. The van der Waals surface area contributed by atoms with E-state index < -0.39 is 0 Å². The van der Waals surface area contributed by atoms with Crippen molar-refractivity contribution < 1.29 is 4.79 Å². The summed E-state index contributed by atoms with van der Waals surface area (Å²) < 4.78 is 0. The van der Waals surface area contributed by atoms with Crippen molar-refractivity contribution >= 4 is 28.9 Å². The van der Waals surface area contributed by atoms with E-state index in [1.165, 1.54) is 0 Å². The van der Waals surface area contributed by atoms with Crippen molar-refractivity contribution in [3.05, 3.63) is 53.3 Å². The number of benzene rings is 1. The highest BCUT2D eigenvalue weighted by atomic mass is 35.5. The monoisotopic (exact) mass is 331 g/mol. The minimum absolute atomic E-state index is 0.0157. The molecule has 122 valence electrons. The molecule has 0 radical (unpaired) electrons. The Balaban J connectivity index is 2.09. The molecule has 0 aliphatic rings. The van der Waals surface area contributed by atoms with Crippen LogP contribution in [0.15, 0.2) is 42.6 Å². The van der Waals surface area contributed by atoms with Gasteiger partial charge in [0.2, 0.25) is 0 Å². The Morgan fingerprint density at radius 1 is 1.13 bits per heavy atom. The number of halogens is 1. The second-order valence-electron chi connectivity index (χ2n) is 5.33. The molecule has 1 heterocycles. The van der Waals surface area contributed by atoms with E-state index in [0.29, 0.717) is 10.7 Å². The number of nitrogens with zero attached hydrogens (tertiary/aromatic N) is 2. The predicted octanol–water partition coefficient (Wildman–Crippen LogP) is 4.74. The van der Waals surface area contributed by atoms with E-state index in [1.54, 1.807) is 12.3 Å². The maximum absolute atomic E-state index is 12.5. The largest absolute Gasteiger partial charge is 0.353 e. The van der Waals surface area contributed by atoms with Crippen molar-refractivity contribution in [3.8, 4) is 0 Å². The zero-order valence-electron chi connectivity index (χ0n) is 13.6. The molecule has 1 aromatic carbocycles. The average Bonchev–Trinajstić information content (AvgIpc) is 2.57. The number of carbonyl (C=O) groups excluding carboxylic acids is 1. The van der Waals surface area contributed by atoms with Crippen LogP contribution in [0.25, 0.3) is 0 Å². The van der Waals surface area contributed by atoms with Crippen LogP contribution in [-0.4, -0.2) is 28.9 Å². The van der Waals surface area contributed by atoms with Crippen LogP contribution in [0.4, 0.5) is 11.4 Å². The van der Waals surface area contributed by atoms with E-state index in [4.69, 9.17) is 11.6 Å². The quantitative estimate of drug-likeness (QED) is 0.797. The summed E-state index contributed by atoms with van der Waals surface area (Å²) in [7, 11) is 0. The number of rotatable bonds is 7. The van der Waals surface area contributed by atoms with E-state index in [2.05, 4.69) is 24.1 Å². The molecule has 0 fully saturated rings. The topological polar surface area (TPSA) is 45.2 Å². The summed E-state index contributed by atoms with van der Waals surface area (Å²) in [5.74, 6) is -0.0157. The van der Waals surface area contributed by atoms with E-state index in [1.807, 2.05) is 35.2 Å². The molecule has 5 heteroatoms. The number of aromatic nitrogens is 1. The smallest absolute Gasteiger partial charge is 0.272 e. The summed E-state index contributed by atoms with van der Waals surface area (Å²) in [4.78, 5) is 18.6. The number of pyridine rings is 1. The Morgan fingerprint density at radius 3 is 2.39 bits per heavy atom. The van der Waals surface area contributed by atoms with Crippen LogP contribution in [0.3, 0.4) is 0 Å². The SMILES string of the molecule is CCCN(CCC)C(=O)c1ccc(Nc2ccccc2Cl)cn1. The first kappa shape index (κ1) is 17.3. The number of hydrogen-bond acceptors (Lipinski definition) is 3. The van der Waals surface area contributed by atoms with Gasteiger partial charge >= 0.3 is 0 Å². The van der Waals surface area contributed by atoms with Gasteiger partial charge in [0.25, 0.3) is 5.91 Å². The maximum atomic E-state index is 12.5. The van der Waals surface area contributed by atoms with Crippen LogP contribution in [-0.2, 0) is 0 Å². The number of amides is 1. The van der Waals surface area contributed by atoms with Crippen LogP contribution in [0.2, 0.25) is 5.02 Å². The second kappa shape index (κ2) is 8.53. The first-order valence-electron chi connectivity index (χ1n) is 7.92. The highest BCUT2D eigenvalue weighted by Gasteiger charge is 2.15. The average molecular weight is 332 g/mol. The molecule has 0 saturated heterocycles. The standard InChI is InChI=1S/C18H22ClN3O/c1-3-11-22(12-4-2)18(23)17-10-9-14(13-20-17)21-16-8-6-5-7-15(16)19/h5-10,13,21H,3-4,11-12H2,1-2H3. The molecule has 0 atom stereocenters. The highest BCUT2D eigenvalue weighted by molar-refractivity contribution is 6.33. The minimum atomic E-state index is -0.0157. The molecule has 1 amide bonds. The molecule has 2 rings (SSSR count). The highest BCUT2D eigenvalue weighted by Crippen LogP contribution is 2.24. The molecular weight excluding hydrogens is 310 g/mol. The van der Waals surface area contributed by atoms with Crippen LogP contribution in [0.5, 0.6) is 0 Å². The van der Waals surface area contributed by atoms with Crippen LogP contribution in [0, 0.1) is 0 Å². The Hall–Kier alpha value is -2.07. The molecule has 0 aliphatic carbocycles. The van der Waals surface area contributed by atoms with Gasteiger partial charge in [-0.25, -0.2) is 4.98 Å². The van der Waals surface area contributed by atoms with E-state index in [9.17, 15) is 4.79 Å². The summed E-state index contributed by atoms with van der Waals surface area (Å²) in [6.45, 7) is 5.65. The normalized spacial score (nSPS) is 10.4. The lowest BCUT2D eigenvalue weighted by molar-refractivity contribution is 0.0749. The molecule has 0 unspecified atom stereocenters. The number of nitrogens with one attached hydrogen (secondary N) is 1. The fourth-order valence-electron chi connectivity index (χ4n) is 2.33. The number of carbonyl (C=O) groups is 1. The van der Waals surface area contributed by atoms with Crippen molar-refractivity contribution in [2.75, 3.05) is 18.4 Å². The van der Waals surface area contributed by atoms with Crippen molar-refractivity contribution in [2.45, 2.75) is 26.7 Å². The van der Waals surface area contributed by atoms with Gasteiger partial charge in [-0.15, -0.1) is 0 Å². The Bertz CT molecular complexity index is 637. The van der Waals surface area contributed by atoms with E-state index >= 15 is 0 Å². The first-order chi connectivity index (χ1) is 11.2. The molecule has 23 heavy (non-hydrogen) atoms. The van der Waals surface area contributed by atoms with Crippen LogP contribution >= 0.6 is 11.6 Å². The van der Waals surface area contributed by atoms with E-state index in [0.717, 1.165) is 37.3 Å². The van der Waals surface area contributed by atoms with Crippen LogP contribution in [0.1, 0.15) is 37.2 Å². The third kappa shape index (κ3) is 4.70. The van der Waals surface area contributed by atoms with Crippen molar-refractivity contribution in [2.24, 2.45) is 0 Å². The van der Waals surface area contributed by atoms with Gasteiger partial charge in [-0.2, -0.15) is 0 Å². The van der Waals surface area contributed by atoms with Gasteiger partial charge in [0.1, 0.15) is 5.69 Å². The van der Waals surface area contributed by atoms with Gasteiger partial charge in [-0.1, -0.05) is 37.6 Å². The Morgan fingerprint density at radius 2 is 1.83 bits per heavy atom. The molecule has 0 spiro atoms. The van der Waals surface area contributed by atoms with Crippen molar-refractivity contribution in [3.63, 3.8) is 0 Å². The zero-order chi connectivity index (χ0) is 16.7. The van der Waals surface area contributed by atoms with Gasteiger partial charge in [-0.3, -0.25) is 4.79 Å². The van der Waals surface area contributed by atoms with Crippen molar-refractivity contribution in [1.82, 2.24) is 9.88 Å². The summed E-state index contributed by atoms with van der Waals surface area (Å²) in [5.41, 5.74) is 2.08. The van der Waals surface area contributed by atoms with Gasteiger partial charge in [0.05, 0.1) is 22.6 Å². The molecule has 4 nitrogen and oxygen atoms in total. The minimum Gasteiger partial charge on any atom is -0.353 e. The van der Waals surface area contributed by atoms with Gasteiger partial charge in [0.15, 0.2) is 0 Å². The number of para-hydroxylation sites is 1.